The number of amides is 4. The van der Waals surface area contributed by atoms with Gasteiger partial charge in [-0.3, -0.25) is 0 Å². The minimum Gasteiger partial charge on any atom is -0.466 e. The van der Waals surface area contributed by atoms with Gasteiger partial charge in [-0.05, 0) is 23.6 Å². The first-order valence-corrected chi connectivity index (χ1v) is 7.63. The van der Waals surface area contributed by atoms with E-state index in [1.54, 1.807) is 18.2 Å². The van der Waals surface area contributed by atoms with Gasteiger partial charge in [-0.2, -0.15) is 0 Å². The molecule has 116 valence electrons. The molecular weight excluding hydrogens is 306 g/mol. The number of imide groups is 1. The highest BCUT2D eigenvalue weighted by atomic mass is 32.1. The Morgan fingerprint density at radius 1 is 1.50 bits per heavy atom. The maximum atomic E-state index is 12.1. The molecule has 1 atom stereocenters. The summed E-state index contributed by atoms with van der Waals surface area (Å²) < 4.78 is 5.31. The van der Waals surface area contributed by atoms with Gasteiger partial charge in [0.25, 0.3) is 0 Å². The summed E-state index contributed by atoms with van der Waals surface area (Å²) in [6.07, 6.45) is 1.46. The fourth-order valence-electron chi connectivity index (χ4n) is 2.29. The highest BCUT2D eigenvalue weighted by Crippen LogP contribution is 2.32. The third kappa shape index (κ3) is 2.58. The number of thiophene rings is 1. The first kappa shape index (κ1) is 14.6. The van der Waals surface area contributed by atoms with Gasteiger partial charge in [-0.25, -0.2) is 14.5 Å². The Hall–Kier alpha value is -2.32. The third-order valence-electron chi connectivity index (χ3n) is 3.45. The number of carbonyl (C=O) groups is 2. The number of aliphatic hydroxyl groups is 1. The second kappa shape index (κ2) is 5.82. The summed E-state index contributed by atoms with van der Waals surface area (Å²) >= 11 is 1.36. The summed E-state index contributed by atoms with van der Waals surface area (Å²) in [6, 6.07) is 5.91. The zero-order chi connectivity index (χ0) is 15.6. The zero-order valence-electron chi connectivity index (χ0n) is 11.6. The van der Waals surface area contributed by atoms with Gasteiger partial charge in [0.05, 0.1) is 12.8 Å². The molecule has 3 heterocycles. The molecule has 3 N–H and O–H groups in total. The lowest BCUT2D eigenvalue weighted by Gasteiger charge is -2.26. The molecule has 3 rings (SSSR count). The number of hydrogen-bond acceptors (Lipinski definition) is 5. The fraction of sp³-hybridized carbons (Fsp3) is 0.286. The quantitative estimate of drug-likeness (QED) is 0.791. The van der Waals surface area contributed by atoms with E-state index in [4.69, 9.17) is 4.42 Å². The third-order valence-corrected chi connectivity index (χ3v) is 4.48. The van der Waals surface area contributed by atoms with E-state index < -0.39 is 17.7 Å². The molecule has 22 heavy (non-hydrogen) atoms. The fourth-order valence-corrected chi connectivity index (χ4v) is 3.12. The predicted octanol–water partition coefficient (Wildman–Crippen LogP) is 1.31. The number of carbonyl (C=O) groups excluding carboxylic acids is 2. The molecule has 0 aliphatic carbocycles. The first-order valence-electron chi connectivity index (χ1n) is 6.75. The van der Waals surface area contributed by atoms with Crippen molar-refractivity contribution in [2.24, 2.45) is 0 Å². The lowest BCUT2D eigenvalue weighted by Crippen LogP contribution is -2.47. The number of rotatable bonds is 4. The van der Waals surface area contributed by atoms with Crippen molar-refractivity contribution < 1.29 is 19.1 Å². The Balaban J connectivity index is 1.77. The van der Waals surface area contributed by atoms with Gasteiger partial charge in [-0.15, -0.1) is 11.3 Å². The van der Waals surface area contributed by atoms with Gasteiger partial charge >= 0.3 is 12.1 Å². The highest BCUT2D eigenvalue weighted by Gasteiger charge is 2.37. The van der Waals surface area contributed by atoms with Crippen molar-refractivity contribution >= 4 is 23.4 Å². The maximum absolute atomic E-state index is 12.1. The second-order valence-corrected chi connectivity index (χ2v) is 5.80. The minimum atomic E-state index is -1.47. The topological polar surface area (TPSA) is 94.8 Å². The Bertz CT molecular complexity index is 619. The lowest BCUT2D eigenvalue weighted by molar-refractivity contribution is 0.0612. The van der Waals surface area contributed by atoms with Crippen LogP contribution in [0.5, 0.6) is 0 Å². The van der Waals surface area contributed by atoms with E-state index in [0.717, 1.165) is 4.90 Å². The summed E-state index contributed by atoms with van der Waals surface area (Å²) in [5.41, 5.74) is -1.47. The van der Waals surface area contributed by atoms with E-state index in [1.807, 2.05) is 11.4 Å². The van der Waals surface area contributed by atoms with Gasteiger partial charge in [0, 0.05) is 18.0 Å². The molecule has 8 heteroatoms. The standard InChI is InChI=1S/C14H15N3O4S/c18-12-15-5-6-17(12)13(19)16-9-14(20,10-3-1-7-21-10)11-4-2-8-22-11/h1-4,7-8,20H,5-6,9H2,(H,15,18)(H,16,19)/t14-/m1/s1. The zero-order valence-corrected chi connectivity index (χ0v) is 12.4. The van der Waals surface area contributed by atoms with Crippen LogP contribution in [0.3, 0.4) is 0 Å². The summed E-state index contributed by atoms with van der Waals surface area (Å²) in [6.45, 7) is 0.645. The van der Waals surface area contributed by atoms with E-state index in [-0.39, 0.29) is 6.54 Å². The Morgan fingerprint density at radius 2 is 2.36 bits per heavy atom. The molecule has 1 fully saturated rings. The van der Waals surface area contributed by atoms with Crippen molar-refractivity contribution in [2.45, 2.75) is 5.60 Å². The van der Waals surface area contributed by atoms with E-state index in [2.05, 4.69) is 10.6 Å². The Morgan fingerprint density at radius 3 is 2.95 bits per heavy atom. The maximum Gasteiger partial charge on any atom is 0.325 e. The highest BCUT2D eigenvalue weighted by molar-refractivity contribution is 7.10. The van der Waals surface area contributed by atoms with Gasteiger partial charge in [0.1, 0.15) is 5.76 Å². The van der Waals surface area contributed by atoms with Crippen LogP contribution in [-0.2, 0) is 5.60 Å². The van der Waals surface area contributed by atoms with Crippen molar-refractivity contribution in [2.75, 3.05) is 19.6 Å². The smallest absolute Gasteiger partial charge is 0.325 e. The van der Waals surface area contributed by atoms with Crippen LogP contribution in [0.1, 0.15) is 10.6 Å². The summed E-state index contributed by atoms with van der Waals surface area (Å²) in [5.74, 6) is 0.334. The lowest BCUT2D eigenvalue weighted by atomic mass is 9.98. The van der Waals surface area contributed by atoms with Crippen molar-refractivity contribution in [3.63, 3.8) is 0 Å². The first-order chi connectivity index (χ1) is 10.6. The van der Waals surface area contributed by atoms with Crippen LogP contribution < -0.4 is 10.6 Å². The number of nitrogens with one attached hydrogen (secondary N) is 2. The van der Waals surface area contributed by atoms with E-state index in [1.165, 1.54) is 17.6 Å². The van der Waals surface area contributed by atoms with Crippen LogP contribution in [0.2, 0.25) is 0 Å². The van der Waals surface area contributed by atoms with Crippen LogP contribution in [0.4, 0.5) is 9.59 Å². The molecule has 1 aliphatic rings. The normalized spacial score (nSPS) is 17.1. The average molecular weight is 321 g/mol. The monoisotopic (exact) mass is 321 g/mol. The summed E-state index contributed by atoms with van der Waals surface area (Å²) in [4.78, 5) is 25.2. The molecule has 0 spiro atoms. The molecule has 0 aromatic carbocycles. The summed E-state index contributed by atoms with van der Waals surface area (Å²) in [5, 5.41) is 17.9. The number of furan rings is 1. The van der Waals surface area contributed by atoms with Crippen molar-refractivity contribution in [1.29, 1.82) is 0 Å². The number of urea groups is 2. The molecule has 7 nitrogen and oxygen atoms in total. The predicted molar refractivity (Wildman–Crippen MR) is 79.5 cm³/mol. The molecule has 0 bridgehead atoms. The van der Waals surface area contributed by atoms with Crippen LogP contribution in [0, 0.1) is 0 Å². The molecule has 2 aromatic heterocycles. The van der Waals surface area contributed by atoms with Gasteiger partial charge in [-0.1, -0.05) is 6.07 Å². The van der Waals surface area contributed by atoms with E-state index in [0.29, 0.717) is 23.7 Å². The van der Waals surface area contributed by atoms with E-state index >= 15 is 0 Å². The van der Waals surface area contributed by atoms with Crippen LogP contribution in [0.15, 0.2) is 40.3 Å². The Labute approximate surface area is 130 Å². The molecule has 2 aromatic rings. The van der Waals surface area contributed by atoms with Crippen molar-refractivity contribution in [3.8, 4) is 0 Å². The van der Waals surface area contributed by atoms with Crippen LogP contribution in [-0.4, -0.2) is 41.7 Å². The molecule has 0 radical (unpaired) electrons. The second-order valence-electron chi connectivity index (χ2n) is 4.86. The Kier molecular flexibility index (Phi) is 3.86. The van der Waals surface area contributed by atoms with Crippen LogP contribution in [0.25, 0.3) is 0 Å². The molecule has 1 saturated heterocycles. The van der Waals surface area contributed by atoms with Gasteiger partial charge in [0.2, 0.25) is 0 Å². The SMILES string of the molecule is O=C1NCCN1C(=O)NC[C@@](O)(c1ccco1)c1cccs1. The molecule has 0 unspecified atom stereocenters. The molecule has 1 aliphatic heterocycles. The number of hydrogen-bond donors (Lipinski definition) is 3. The molecule has 4 amide bonds. The largest absolute Gasteiger partial charge is 0.466 e. The van der Waals surface area contributed by atoms with Crippen LogP contribution >= 0.6 is 11.3 Å². The number of nitrogens with zero attached hydrogens (tertiary/aromatic N) is 1. The molecule has 0 saturated carbocycles. The van der Waals surface area contributed by atoms with Crippen molar-refractivity contribution in [1.82, 2.24) is 15.5 Å². The minimum absolute atomic E-state index is 0.0936. The summed E-state index contributed by atoms with van der Waals surface area (Å²) in [7, 11) is 0. The average Bonchev–Trinajstić information content (AvgIpc) is 3.24. The van der Waals surface area contributed by atoms with E-state index in [9.17, 15) is 14.7 Å². The van der Waals surface area contributed by atoms with Gasteiger partial charge in [0.15, 0.2) is 5.60 Å². The van der Waals surface area contributed by atoms with Crippen molar-refractivity contribution in [3.05, 3.63) is 46.5 Å². The van der Waals surface area contributed by atoms with Gasteiger partial charge < -0.3 is 20.2 Å². The molecular formula is C14H15N3O4S.